The molecular formula is C23H16N2OS. The Morgan fingerprint density at radius 1 is 1.00 bits per heavy atom. The van der Waals surface area contributed by atoms with Crippen LogP contribution < -0.4 is 0 Å². The second kappa shape index (κ2) is 6.49. The Balaban J connectivity index is 1.50. The lowest BCUT2D eigenvalue weighted by Gasteiger charge is -2.07. The summed E-state index contributed by atoms with van der Waals surface area (Å²) >= 11 is 1.55. The van der Waals surface area contributed by atoms with Gasteiger partial charge in [0.15, 0.2) is 5.78 Å². The average molecular weight is 368 g/mol. The molecule has 0 aliphatic rings. The van der Waals surface area contributed by atoms with Crippen LogP contribution >= 0.6 is 11.3 Å². The van der Waals surface area contributed by atoms with Crippen LogP contribution in [0.4, 0.5) is 0 Å². The van der Waals surface area contributed by atoms with Gasteiger partial charge in [-0.25, -0.2) is 0 Å². The number of ketones is 1. The van der Waals surface area contributed by atoms with Crippen molar-refractivity contribution >= 4 is 38.8 Å². The van der Waals surface area contributed by atoms with E-state index in [0.717, 1.165) is 33.0 Å². The summed E-state index contributed by atoms with van der Waals surface area (Å²) in [5, 5.41) is 14.5. The average Bonchev–Trinajstić information content (AvgIpc) is 3.39. The Kier molecular flexibility index (Phi) is 3.84. The van der Waals surface area contributed by atoms with Gasteiger partial charge in [-0.05, 0) is 51.0 Å². The van der Waals surface area contributed by atoms with Crippen LogP contribution in [-0.2, 0) is 6.42 Å². The summed E-state index contributed by atoms with van der Waals surface area (Å²) in [6.45, 7) is 0. The summed E-state index contributed by atoms with van der Waals surface area (Å²) < 4.78 is 0. The molecule has 27 heavy (non-hydrogen) atoms. The van der Waals surface area contributed by atoms with Crippen molar-refractivity contribution in [3.8, 4) is 11.1 Å². The summed E-state index contributed by atoms with van der Waals surface area (Å²) in [7, 11) is 0. The van der Waals surface area contributed by atoms with E-state index in [4.69, 9.17) is 0 Å². The Hall–Kier alpha value is -3.24. The van der Waals surface area contributed by atoms with E-state index >= 15 is 0 Å². The monoisotopic (exact) mass is 368 g/mol. The largest absolute Gasteiger partial charge is 0.294 e. The Labute approximate surface area is 160 Å². The van der Waals surface area contributed by atoms with Gasteiger partial charge in [0.25, 0.3) is 0 Å². The fourth-order valence-electron chi connectivity index (χ4n) is 3.50. The van der Waals surface area contributed by atoms with Crippen LogP contribution in [0, 0.1) is 0 Å². The van der Waals surface area contributed by atoms with Crippen molar-refractivity contribution < 1.29 is 4.79 Å². The molecule has 4 heteroatoms. The van der Waals surface area contributed by atoms with Gasteiger partial charge < -0.3 is 0 Å². The van der Waals surface area contributed by atoms with Gasteiger partial charge in [-0.15, -0.1) is 0 Å². The van der Waals surface area contributed by atoms with Gasteiger partial charge in [0, 0.05) is 22.8 Å². The second-order valence-electron chi connectivity index (χ2n) is 6.65. The number of carbonyl (C=O) groups excluding carboxylic acids is 1. The first-order valence-electron chi connectivity index (χ1n) is 8.78. The maximum Gasteiger partial charge on any atom is 0.168 e. The van der Waals surface area contributed by atoms with E-state index in [1.165, 1.54) is 10.9 Å². The maximum absolute atomic E-state index is 12.3. The molecule has 5 aromatic rings. The number of hydrogen-bond acceptors (Lipinski definition) is 3. The number of aromatic nitrogens is 2. The van der Waals surface area contributed by atoms with Gasteiger partial charge in [-0.1, -0.05) is 42.5 Å². The van der Waals surface area contributed by atoms with E-state index in [9.17, 15) is 4.79 Å². The number of fused-ring (bicyclic) bond motifs is 2. The van der Waals surface area contributed by atoms with Crippen molar-refractivity contribution in [3.63, 3.8) is 0 Å². The van der Waals surface area contributed by atoms with Crippen molar-refractivity contribution in [2.45, 2.75) is 6.42 Å². The second-order valence-corrected chi connectivity index (χ2v) is 7.43. The van der Waals surface area contributed by atoms with Crippen molar-refractivity contribution in [2.75, 3.05) is 0 Å². The third-order valence-electron chi connectivity index (χ3n) is 4.91. The molecule has 0 radical (unpaired) electrons. The number of rotatable bonds is 4. The van der Waals surface area contributed by atoms with Crippen molar-refractivity contribution in [1.82, 2.24) is 10.2 Å². The molecule has 0 saturated carbocycles. The SMILES string of the molecule is O=C(Cc1ccc2cc(-c3cccc4[nH]ncc34)ccc2c1)c1ccsc1. The minimum atomic E-state index is 0.166. The zero-order valence-corrected chi connectivity index (χ0v) is 15.3. The van der Waals surface area contributed by atoms with Crippen molar-refractivity contribution in [1.29, 1.82) is 0 Å². The standard InChI is InChI=1S/C23H16N2OS/c26-23(19-8-9-27-14-19)11-15-4-5-17-12-18(7-6-16(17)10-15)20-2-1-3-22-21(20)13-24-25-22/h1-10,12-14H,11H2,(H,24,25). The molecule has 0 saturated heterocycles. The van der Waals surface area contributed by atoms with Crippen LogP contribution in [0.15, 0.2) is 77.6 Å². The summed E-state index contributed by atoms with van der Waals surface area (Å²) in [6.07, 6.45) is 2.30. The van der Waals surface area contributed by atoms with E-state index in [1.807, 2.05) is 35.2 Å². The lowest BCUT2D eigenvalue weighted by Crippen LogP contribution is -2.01. The Bertz CT molecular complexity index is 1270. The molecule has 0 unspecified atom stereocenters. The highest BCUT2D eigenvalue weighted by Gasteiger charge is 2.09. The predicted octanol–water partition coefficient (Wildman–Crippen LogP) is 5.87. The smallest absolute Gasteiger partial charge is 0.168 e. The molecule has 130 valence electrons. The third-order valence-corrected chi connectivity index (χ3v) is 5.59. The molecule has 0 amide bonds. The predicted molar refractivity (Wildman–Crippen MR) is 111 cm³/mol. The number of benzene rings is 3. The first-order valence-corrected chi connectivity index (χ1v) is 9.73. The minimum absolute atomic E-state index is 0.166. The fraction of sp³-hybridized carbons (Fsp3) is 0.0435. The van der Waals surface area contributed by atoms with E-state index in [1.54, 1.807) is 11.3 Å². The molecule has 0 fully saturated rings. The highest BCUT2D eigenvalue weighted by molar-refractivity contribution is 7.08. The number of aromatic amines is 1. The molecule has 5 rings (SSSR count). The molecule has 1 N–H and O–H groups in total. The molecule has 0 bridgehead atoms. The molecule has 0 aliphatic carbocycles. The molecule has 0 atom stereocenters. The van der Waals surface area contributed by atoms with Crippen LogP contribution in [0.2, 0.25) is 0 Å². The van der Waals surface area contributed by atoms with Crippen LogP contribution in [0.5, 0.6) is 0 Å². The number of nitrogens with zero attached hydrogens (tertiary/aromatic N) is 1. The van der Waals surface area contributed by atoms with E-state index in [0.29, 0.717) is 6.42 Å². The van der Waals surface area contributed by atoms with E-state index in [-0.39, 0.29) is 5.78 Å². The highest BCUT2D eigenvalue weighted by Crippen LogP contribution is 2.30. The van der Waals surface area contributed by atoms with Crippen LogP contribution in [0.1, 0.15) is 15.9 Å². The summed E-state index contributed by atoms with van der Waals surface area (Å²) in [4.78, 5) is 12.3. The first-order chi connectivity index (χ1) is 13.3. The molecular weight excluding hydrogens is 352 g/mol. The lowest BCUT2D eigenvalue weighted by atomic mass is 9.96. The molecule has 2 heterocycles. The number of thiophene rings is 1. The molecule has 0 aliphatic heterocycles. The van der Waals surface area contributed by atoms with Crippen LogP contribution in [0.3, 0.4) is 0 Å². The van der Waals surface area contributed by atoms with Gasteiger partial charge in [-0.3, -0.25) is 9.89 Å². The topological polar surface area (TPSA) is 45.8 Å². The quantitative estimate of drug-likeness (QED) is 0.403. The van der Waals surface area contributed by atoms with E-state index < -0.39 is 0 Å². The summed E-state index contributed by atoms with van der Waals surface area (Å²) in [5.41, 5.74) is 5.21. The molecule has 3 aromatic carbocycles. The Morgan fingerprint density at radius 3 is 2.78 bits per heavy atom. The number of H-pyrrole nitrogens is 1. The maximum atomic E-state index is 12.3. The van der Waals surface area contributed by atoms with Gasteiger partial charge >= 0.3 is 0 Å². The number of hydrogen-bond donors (Lipinski definition) is 1. The zero-order valence-electron chi connectivity index (χ0n) is 14.5. The van der Waals surface area contributed by atoms with Gasteiger partial charge in [0.2, 0.25) is 0 Å². The van der Waals surface area contributed by atoms with Crippen molar-refractivity contribution in [3.05, 3.63) is 88.7 Å². The first kappa shape index (κ1) is 16.0. The van der Waals surface area contributed by atoms with Gasteiger partial charge in [-0.2, -0.15) is 16.4 Å². The van der Waals surface area contributed by atoms with Gasteiger partial charge in [0.05, 0.1) is 11.7 Å². The van der Waals surface area contributed by atoms with E-state index in [2.05, 4.69) is 52.7 Å². The zero-order chi connectivity index (χ0) is 18.2. The van der Waals surface area contributed by atoms with Crippen LogP contribution in [-0.4, -0.2) is 16.0 Å². The number of Topliss-reactive ketones (excluding diaryl/α,β-unsaturated/α-hetero) is 1. The van der Waals surface area contributed by atoms with Crippen LogP contribution in [0.25, 0.3) is 32.8 Å². The number of nitrogens with one attached hydrogen (secondary N) is 1. The third kappa shape index (κ3) is 2.94. The fourth-order valence-corrected chi connectivity index (χ4v) is 4.16. The lowest BCUT2D eigenvalue weighted by molar-refractivity contribution is 0.0993. The molecule has 0 spiro atoms. The number of carbonyl (C=O) groups is 1. The minimum Gasteiger partial charge on any atom is -0.294 e. The summed E-state index contributed by atoms with van der Waals surface area (Å²) in [6, 6.07) is 20.8. The summed E-state index contributed by atoms with van der Waals surface area (Å²) in [5.74, 6) is 0.166. The van der Waals surface area contributed by atoms with Gasteiger partial charge in [0.1, 0.15) is 0 Å². The Morgan fingerprint density at radius 2 is 1.89 bits per heavy atom. The van der Waals surface area contributed by atoms with Crippen molar-refractivity contribution in [2.24, 2.45) is 0 Å². The normalized spacial score (nSPS) is 11.3. The highest BCUT2D eigenvalue weighted by atomic mass is 32.1. The molecule has 3 nitrogen and oxygen atoms in total. The molecule has 2 aromatic heterocycles.